The largest absolute Gasteiger partial charge is 0.226 e. The summed E-state index contributed by atoms with van der Waals surface area (Å²) < 4.78 is 0. The highest BCUT2D eigenvalue weighted by molar-refractivity contribution is 9.27. The summed E-state index contributed by atoms with van der Waals surface area (Å²) in [6.45, 7) is 4.43. The minimum atomic E-state index is -1.46. The van der Waals surface area contributed by atoms with Gasteiger partial charge in [-0.15, -0.1) is 15.3 Å². The molecule has 0 aliphatic carbocycles. The van der Waals surface area contributed by atoms with Gasteiger partial charge < -0.3 is 0 Å². The van der Waals surface area contributed by atoms with E-state index in [1.807, 2.05) is 0 Å². The van der Waals surface area contributed by atoms with Crippen LogP contribution in [0.3, 0.4) is 0 Å². The summed E-state index contributed by atoms with van der Waals surface area (Å²) in [5.41, 5.74) is 0. The molecule has 0 unspecified atom stereocenters. The zero-order valence-corrected chi connectivity index (χ0v) is 10.8. The molecular weight excluding hydrogens is 240 g/mol. The van der Waals surface area contributed by atoms with Gasteiger partial charge in [0.1, 0.15) is 0 Å². The lowest BCUT2D eigenvalue weighted by Gasteiger charge is -2.15. The van der Waals surface area contributed by atoms with Crippen LogP contribution in [-0.4, -0.2) is 6.00 Å². The molecule has 0 bridgehead atoms. The molecule has 0 aromatic rings. The smallest absolute Gasteiger partial charge is 0.152 e. The van der Waals surface area contributed by atoms with Gasteiger partial charge >= 0.3 is 0 Å². The van der Waals surface area contributed by atoms with Gasteiger partial charge in [0.2, 0.25) is 6.00 Å². The highest BCUT2D eigenvalue weighted by Gasteiger charge is 2.25. The Balaban J connectivity index is 3.43. The van der Waals surface area contributed by atoms with Crippen LogP contribution < -0.4 is 0 Å². The topological polar surface area (TPSA) is 0 Å². The monoisotopic (exact) mass is 256 g/mol. The summed E-state index contributed by atoms with van der Waals surface area (Å²) in [4.78, 5) is 0. The first-order valence-electron chi connectivity index (χ1n) is 4.50. The van der Waals surface area contributed by atoms with Crippen molar-refractivity contribution in [1.82, 2.24) is 0 Å². The molecule has 0 fully saturated rings. The average Bonchev–Trinajstić information content (AvgIpc) is 1.97. The summed E-state index contributed by atoms with van der Waals surface area (Å²) in [7, 11) is 0. The Morgan fingerprint density at radius 1 is 1.09 bits per heavy atom. The van der Waals surface area contributed by atoms with Crippen molar-refractivity contribution < 1.29 is 0 Å². The molecule has 3 heteroatoms. The molecule has 0 spiro atoms. The highest BCUT2D eigenvalue weighted by Crippen LogP contribution is 2.31. The van der Waals surface area contributed by atoms with Crippen LogP contribution in [0, 0.1) is 0 Å². The second-order valence-electron chi connectivity index (χ2n) is 3.06. The van der Waals surface area contributed by atoms with Gasteiger partial charge in [0.05, 0.1) is 0 Å². The first-order valence-corrected chi connectivity index (χ1v) is 10.2. The Morgan fingerprint density at radius 2 is 1.45 bits per heavy atom. The van der Waals surface area contributed by atoms with Crippen molar-refractivity contribution in [3.8, 4) is 0 Å². The van der Waals surface area contributed by atoms with Crippen molar-refractivity contribution in [2.45, 2.75) is 51.6 Å². The predicted molar refractivity (Wildman–Crippen MR) is 60.0 cm³/mol. The molecule has 0 atom stereocenters. The number of rotatable bonds is 6. The molecule has 0 amide bonds. The zero-order valence-electron chi connectivity index (χ0n) is 7.50. The summed E-state index contributed by atoms with van der Waals surface area (Å²) in [5.74, 6) is 0. The van der Waals surface area contributed by atoms with Crippen molar-refractivity contribution in [2.24, 2.45) is 0 Å². The van der Waals surface area contributed by atoms with Gasteiger partial charge in [-0.2, -0.15) is 11.1 Å². The number of hydrogen-bond donors (Lipinski definition) is 0. The summed E-state index contributed by atoms with van der Waals surface area (Å²) in [5, 5.41) is 0. The van der Waals surface area contributed by atoms with Gasteiger partial charge in [0.15, 0.2) is 0 Å². The first-order chi connectivity index (χ1) is 5.12. The Morgan fingerprint density at radius 3 is 1.73 bits per heavy atom. The number of hydrogen-bond acceptors (Lipinski definition) is 0. The maximum Gasteiger partial charge on any atom is 0.226 e. The fourth-order valence-electron chi connectivity index (χ4n) is 0.996. The maximum absolute atomic E-state index is 6.35. The van der Waals surface area contributed by atoms with Gasteiger partial charge in [-0.25, -0.2) is 0 Å². The molecule has 0 nitrogen and oxygen atoms in total. The maximum atomic E-state index is 6.35. The van der Waals surface area contributed by atoms with E-state index in [0.717, 1.165) is 0 Å². The molecule has 0 aromatic heterocycles. The van der Waals surface area contributed by atoms with E-state index in [1.54, 1.807) is 0 Å². The minimum Gasteiger partial charge on any atom is -0.152 e. The number of unbranched alkanes of at least 4 members (excludes halogenated alkanes) is 2. The minimum absolute atomic E-state index is 1.23. The van der Waals surface area contributed by atoms with Gasteiger partial charge in [-0.05, 0) is 12.1 Å². The van der Waals surface area contributed by atoms with E-state index in [0.29, 0.717) is 0 Å². The van der Waals surface area contributed by atoms with E-state index in [1.165, 1.54) is 37.8 Å². The second-order valence-corrected chi connectivity index (χ2v) is 13.9. The van der Waals surface area contributed by atoms with Crippen molar-refractivity contribution >= 4 is 32.4 Å². The van der Waals surface area contributed by atoms with E-state index in [4.69, 9.17) is 11.1 Å². The van der Waals surface area contributed by atoms with Crippen LogP contribution in [0.2, 0.25) is 12.1 Å². The molecule has 68 valence electrons. The normalized spacial score (nSPS) is 12.0. The van der Waals surface area contributed by atoms with E-state index in [2.05, 4.69) is 29.1 Å². The SMILES string of the molecule is CCCC[Si](Cl)(Br)CCCC. The van der Waals surface area contributed by atoms with Crippen LogP contribution in [0.1, 0.15) is 39.5 Å². The predicted octanol–water partition coefficient (Wildman–Crippen LogP) is 4.66. The highest BCUT2D eigenvalue weighted by atomic mass is 79.9. The lowest BCUT2D eigenvalue weighted by atomic mass is 10.4. The summed E-state index contributed by atoms with van der Waals surface area (Å²) >= 11 is 10.0. The van der Waals surface area contributed by atoms with Gasteiger partial charge in [0.25, 0.3) is 0 Å². The lowest BCUT2D eigenvalue weighted by molar-refractivity contribution is 0.846. The quantitative estimate of drug-likeness (QED) is 0.479. The van der Waals surface area contributed by atoms with E-state index in [-0.39, 0.29) is 0 Å². The van der Waals surface area contributed by atoms with E-state index < -0.39 is 6.00 Å². The molecule has 0 aromatic carbocycles. The van der Waals surface area contributed by atoms with Gasteiger partial charge in [-0.1, -0.05) is 39.5 Å². The summed E-state index contributed by atoms with van der Waals surface area (Å²) in [6, 6.07) is 0.994. The third kappa shape index (κ3) is 7.35. The van der Waals surface area contributed by atoms with Gasteiger partial charge in [0, 0.05) is 0 Å². The Hall–Kier alpha value is 0.987. The van der Waals surface area contributed by atoms with Crippen LogP contribution in [0.15, 0.2) is 0 Å². The second kappa shape index (κ2) is 6.50. The summed E-state index contributed by atoms with van der Waals surface area (Å²) in [6.07, 6.45) is 5.09. The Labute approximate surface area is 84.0 Å². The fraction of sp³-hybridized carbons (Fsp3) is 1.00. The van der Waals surface area contributed by atoms with Crippen molar-refractivity contribution in [2.75, 3.05) is 0 Å². The number of halogens is 2. The average molecular weight is 258 g/mol. The fourth-order valence-corrected chi connectivity index (χ4v) is 5.47. The van der Waals surface area contributed by atoms with Crippen LogP contribution >= 0.6 is 26.4 Å². The van der Waals surface area contributed by atoms with Crippen LogP contribution in [0.25, 0.3) is 0 Å². The van der Waals surface area contributed by atoms with Crippen LogP contribution in [-0.2, 0) is 0 Å². The molecular formula is C8H18BrClSi. The molecule has 0 aliphatic heterocycles. The van der Waals surface area contributed by atoms with E-state index >= 15 is 0 Å². The zero-order chi connectivity index (χ0) is 8.74. The van der Waals surface area contributed by atoms with Crippen LogP contribution in [0.5, 0.6) is 0 Å². The van der Waals surface area contributed by atoms with Gasteiger partial charge in [-0.3, -0.25) is 0 Å². The Kier molecular flexibility index (Phi) is 7.08. The lowest BCUT2D eigenvalue weighted by Crippen LogP contribution is -2.16. The van der Waals surface area contributed by atoms with Crippen LogP contribution in [0.4, 0.5) is 0 Å². The molecule has 0 saturated heterocycles. The molecule has 0 heterocycles. The molecule has 0 rings (SSSR count). The molecule has 0 saturated carbocycles. The molecule has 0 aliphatic rings. The third-order valence-corrected chi connectivity index (χ3v) is 7.48. The van der Waals surface area contributed by atoms with Crippen molar-refractivity contribution in [1.29, 1.82) is 0 Å². The Bertz CT molecular complexity index is 86.1. The van der Waals surface area contributed by atoms with Crippen molar-refractivity contribution in [3.05, 3.63) is 0 Å². The molecule has 0 N–H and O–H groups in total. The third-order valence-electron chi connectivity index (χ3n) is 1.79. The molecule has 0 radical (unpaired) electrons. The van der Waals surface area contributed by atoms with Crippen molar-refractivity contribution in [3.63, 3.8) is 0 Å². The standard InChI is InChI=1S/C8H18BrClSi/c1-3-5-7-11(9,10)8-6-4-2/h3-8H2,1-2H3. The molecule has 11 heavy (non-hydrogen) atoms. The first kappa shape index (κ1) is 12.0. The van der Waals surface area contributed by atoms with E-state index in [9.17, 15) is 0 Å².